The normalized spacial score (nSPS) is 11.8. The Bertz CT molecular complexity index is 456. The lowest BCUT2D eigenvalue weighted by Crippen LogP contribution is -2.38. The van der Waals surface area contributed by atoms with Crippen LogP contribution in [0.1, 0.15) is 22.2 Å². The average molecular weight is 265 g/mol. The molecule has 0 bridgehead atoms. The van der Waals surface area contributed by atoms with Crippen LogP contribution in [0.2, 0.25) is 0 Å². The van der Waals surface area contributed by atoms with Crippen LogP contribution < -0.4 is 11.1 Å². The summed E-state index contributed by atoms with van der Waals surface area (Å²) in [6.07, 6.45) is 0. The third kappa shape index (κ3) is 4.15. The summed E-state index contributed by atoms with van der Waals surface area (Å²) in [7, 11) is 3.97. The van der Waals surface area contributed by atoms with E-state index in [1.165, 1.54) is 11.3 Å². The molecule has 0 aliphatic carbocycles. The van der Waals surface area contributed by atoms with Gasteiger partial charge in [-0.1, -0.05) is 11.8 Å². The van der Waals surface area contributed by atoms with Gasteiger partial charge in [0.1, 0.15) is 4.88 Å². The SMILES string of the molecule is CC(CNC(=O)c1sccc1C#CCN)N(C)C. The molecular formula is C13H19N3OS. The Morgan fingerprint density at radius 2 is 2.33 bits per heavy atom. The van der Waals surface area contributed by atoms with Crippen molar-refractivity contribution >= 4 is 17.2 Å². The standard InChI is InChI=1S/C13H19N3OS/c1-10(16(2)3)9-15-13(17)12-11(5-4-7-14)6-8-18-12/h6,8,10H,7,9,14H2,1-3H3,(H,15,17). The number of nitrogens with two attached hydrogens (primary N) is 1. The fourth-order valence-corrected chi connectivity index (χ4v) is 2.00. The summed E-state index contributed by atoms with van der Waals surface area (Å²) in [4.78, 5) is 14.7. The van der Waals surface area contributed by atoms with Gasteiger partial charge in [-0.15, -0.1) is 11.3 Å². The maximum atomic E-state index is 12.0. The number of nitrogens with zero attached hydrogens (tertiary/aromatic N) is 1. The van der Waals surface area contributed by atoms with Crippen LogP contribution in [0.15, 0.2) is 11.4 Å². The zero-order valence-electron chi connectivity index (χ0n) is 11.0. The first kappa shape index (κ1) is 14.7. The zero-order chi connectivity index (χ0) is 13.5. The van der Waals surface area contributed by atoms with Crippen LogP contribution in [0, 0.1) is 11.8 Å². The third-order valence-corrected chi connectivity index (χ3v) is 3.55. The molecule has 3 N–H and O–H groups in total. The Morgan fingerprint density at radius 3 is 2.94 bits per heavy atom. The third-order valence-electron chi connectivity index (χ3n) is 2.64. The van der Waals surface area contributed by atoms with Crippen molar-refractivity contribution in [2.75, 3.05) is 27.2 Å². The van der Waals surface area contributed by atoms with Gasteiger partial charge in [-0.3, -0.25) is 4.79 Å². The highest BCUT2D eigenvalue weighted by atomic mass is 32.1. The van der Waals surface area contributed by atoms with E-state index in [9.17, 15) is 4.79 Å². The summed E-state index contributed by atoms with van der Waals surface area (Å²) < 4.78 is 0. The van der Waals surface area contributed by atoms with Gasteiger partial charge in [0, 0.05) is 18.2 Å². The first-order valence-electron chi connectivity index (χ1n) is 5.77. The summed E-state index contributed by atoms with van der Waals surface area (Å²) in [5, 5.41) is 4.78. The molecule has 0 spiro atoms. The molecular weight excluding hydrogens is 246 g/mol. The van der Waals surface area contributed by atoms with Crippen LogP contribution in [-0.2, 0) is 0 Å². The van der Waals surface area contributed by atoms with Gasteiger partial charge in [-0.2, -0.15) is 0 Å². The van der Waals surface area contributed by atoms with Gasteiger partial charge in [0.05, 0.1) is 6.54 Å². The fraction of sp³-hybridized carbons (Fsp3) is 0.462. The van der Waals surface area contributed by atoms with E-state index in [0.29, 0.717) is 24.0 Å². The highest BCUT2D eigenvalue weighted by Crippen LogP contribution is 2.15. The minimum Gasteiger partial charge on any atom is -0.350 e. The number of amides is 1. The Labute approximate surface area is 112 Å². The second-order valence-electron chi connectivity index (χ2n) is 4.19. The van der Waals surface area contributed by atoms with Crippen LogP contribution in [0.25, 0.3) is 0 Å². The molecule has 0 saturated heterocycles. The Hall–Kier alpha value is -1.35. The summed E-state index contributed by atoms with van der Waals surface area (Å²) in [6.45, 7) is 2.98. The van der Waals surface area contributed by atoms with E-state index in [1.54, 1.807) is 0 Å². The summed E-state index contributed by atoms with van der Waals surface area (Å²) >= 11 is 1.40. The molecule has 0 saturated carbocycles. The molecule has 1 atom stereocenters. The maximum Gasteiger partial charge on any atom is 0.262 e. The van der Waals surface area contributed by atoms with Crippen LogP contribution in [0.5, 0.6) is 0 Å². The smallest absolute Gasteiger partial charge is 0.262 e. The number of carbonyl (C=O) groups excluding carboxylic acids is 1. The van der Waals surface area contributed by atoms with Gasteiger partial charge in [0.25, 0.3) is 5.91 Å². The van der Waals surface area contributed by atoms with Gasteiger partial charge in [0.2, 0.25) is 0 Å². The molecule has 5 heteroatoms. The molecule has 1 aromatic rings. The van der Waals surface area contributed by atoms with Crippen molar-refractivity contribution in [2.45, 2.75) is 13.0 Å². The van der Waals surface area contributed by atoms with Crippen molar-refractivity contribution in [3.63, 3.8) is 0 Å². The monoisotopic (exact) mass is 265 g/mol. The van der Waals surface area contributed by atoms with Crippen LogP contribution in [0.4, 0.5) is 0 Å². The second-order valence-corrected chi connectivity index (χ2v) is 5.11. The Kier molecular flexibility index (Phi) is 5.86. The molecule has 0 radical (unpaired) electrons. The van der Waals surface area contributed by atoms with Gasteiger partial charge in [-0.25, -0.2) is 0 Å². The average Bonchev–Trinajstić information content (AvgIpc) is 2.81. The summed E-state index contributed by atoms with van der Waals surface area (Å²) in [5.41, 5.74) is 6.08. The summed E-state index contributed by atoms with van der Waals surface area (Å²) in [6, 6.07) is 2.14. The predicted octanol–water partition coefficient (Wildman–Crippen LogP) is 0.738. The lowest BCUT2D eigenvalue weighted by atomic mass is 10.2. The summed E-state index contributed by atoms with van der Waals surface area (Å²) in [5.74, 6) is 5.60. The topological polar surface area (TPSA) is 58.4 Å². The lowest BCUT2D eigenvalue weighted by molar-refractivity contribution is 0.0947. The lowest BCUT2D eigenvalue weighted by Gasteiger charge is -2.19. The van der Waals surface area contributed by atoms with E-state index in [0.717, 1.165) is 5.56 Å². The molecule has 1 amide bonds. The molecule has 1 aromatic heterocycles. The van der Waals surface area contributed by atoms with E-state index in [2.05, 4.69) is 29.0 Å². The van der Waals surface area contributed by atoms with Gasteiger partial charge in [0.15, 0.2) is 0 Å². The van der Waals surface area contributed by atoms with E-state index in [-0.39, 0.29) is 5.91 Å². The number of hydrogen-bond acceptors (Lipinski definition) is 4. The number of thiophene rings is 1. The van der Waals surface area contributed by atoms with E-state index < -0.39 is 0 Å². The minimum atomic E-state index is -0.0694. The van der Waals surface area contributed by atoms with Gasteiger partial charge >= 0.3 is 0 Å². The first-order chi connectivity index (χ1) is 8.56. The van der Waals surface area contributed by atoms with E-state index in [1.807, 2.05) is 25.5 Å². The molecule has 1 unspecified atom stereocenters. The Balaban J connectivity index is 2.65. The zero-order valence-corrected chi connectivity index (χ0v) is 11.8. The largest absolute Gasteiger partial charge is 0.350 e. The molecule has 0 aliphatic heterocycles. The molecule has 0 aliphatic rings. The van der Waals surface area contributed by atoms with E-state index >= 15 is 0 Å². The molecule has 0 fully saturated rings. The number of nitrogens with one attached hydrogen (secondary N) is 1. The van der Waals surface area contributed by atoms with Gasteiger partial charge < -0.3 is 16.0 Å². The number of carbonyl (C=O) groups is 1. The van der Waals surface area contributed by atoms with Crippen molar-refractivity contribution in [3.8, 4) is 11.8 Å². The van der Waals surface area contributed by atoms with Crippen molar-refractivity contribution in [1.29, 1.82) is 0 Å². The van der Waals surface area contributed by atoms with Crippen molar-refractivity contribution in [1.82, 2.24) is 10.2 Å². The van der Waals surface area contributed by atoms with Crippen molar-refractivity contribution in [3.05, 3.63) is 21.9 Å². The molecule has 1 heterocycles. The molecule has 4 nitrogen and oxygen atoms in total. The number of rotatable bonds is 4. The second kappa shape index (κ2) is 7.17. The molecule has 0 aromatic carbocycles. The quantitative estimate of drug-likeness (QED) is 0.789. The Morgan fingerprint density at radius 1 is 1.61 bits per heavy atom. The van der Waals surface area contributed by atoms with E-state index in [4.69, 9.17) is 5.73 Å². The number of likely N-dealkylation sites (N-methyl/N-ethyl adjacent to an activating group) is 1. The number of hydrogen-bond donors (Lipinski definition) is 2. The maximum absolute atomic E-state index is 12.0. The molecule has 18 heavy (non-hydrogen) atoms. The van der Waals surface area contributed by atoms with Crippen LogP contribution >= 0.6 is 11.3 Å². The predicted molar refractivity (Wildman–Crippen MR) is 75.7 cm³/mol. The van der Waals surface area contributed by atoms with Crippen molar-refractivity contribution < 1.29 is 4.79 Å². The molecule has 1 rings (SSSR count). The fourth-order valence-electron chi connectivity index (χ4n) is 1.23. The van der Waals surface area contributed by atoms with Gasteiger partial charge in [-0.05, 0) is 32.5 Å². The minimum absolute atomic E-state index is 0.0694. The highest BCUT2D eigenvalue weighted by molar-refractivity contribution is 7.12. The van der Waals surface area contributed by atoms with Crippen molar-refractivity contribution in [2.24, 2.45) is 5.73 Å². The molecule has 98 valence electrons. The van der Waals surface area contributed by atoms with Crippen LogP contribution in [0.3, 0.4) is 0 Å². The highest BCUT2D eigenvalue weighted by Gasteiger charge is 2.13. The first-order valence-corrected chi connectivity index (χ1v) is 6.65. The van der Waals surface area contributed by atoms with Crippen LogP contribution in [-0.4, -0.2) is 44.0 Å².